The molecule has 18 heavy (non-hydrogen) atoms. The van der Waals surface area contributed by atoms with Gasteiger partial charge in [-0.05, 0) is 31.4 Å². The maximum Gasteiger partial charge on any atom is 0.419 e. The van der Waals surface area contributed by atoms with Crippen LogP contribution >= 0.6 is 0 Å². The van der Waals surface area contributed by atoms with Crippen molar-refractivity contribution in [1.82, 2.24) is 4.98 Å². The Hall–Kier alpha value is -1.79. The van der Waals surface area contributed by atoms with Crippen LogP contribution in [0.3, 0.4) is 0 Å². The number of carbonyl (C=O) groups is 1. The number of carboxylic acid groups (broad SMARTS) is 1. The molecule has 7 heteroatoms. The van der Waals surface area contributed by atoms with E-state index >= 15 is 0 Å². The van der Waals surface area contributed by atoms with Gasteiger partial charge in [0.15, 0.2) is 0 Å². The molecule has 1 aromatic rings. The lowest BCUT2D eigenvalue weighted by atomic mass is 9.76. The Morgan fingerprint density at radius 1 is 1.44 bits per heavy atom. The van der Waals surface area contributed by atoms with Gasteiger partial charge in [-0.3, -0.25) is 0 Å². The SMILES string of the molecule is O=C(O)C1(Nc2ncccc2C(F)(F)F)CCC1. The van der Waals surface area contributed by atoms with Gasteiger partial charge in [0.25, 0.3) is 0 Å². The van der Waals surface area contributed by atoms with Gasteiger partial charge in [0.05, 0.1) is 5.56 Å². The third kappa shape index (κ3) is 2.12. The summed E-state index contributed by atoms with van der Waals surface area (Å²) < 4.78 is 38.2. The number of aliphatic carboxylic acids is 1. The minimum atomic E-state index is -4.56. The van der Waals surface area contributed by atoms with Gasteiger partial charge >= 0.3 is 12.1 Å². The van der Waals surface area contributed by atoms with E-state index in [2.05, 4.69) is 10.3 Å². The summed E-state index contributed by atoms with van der Waals surface area (Å²) in [6, 6.07) is 2.05. The van der Waals surface area contributed by atoms with Crippen molar-refractivity contribution in [2.45, 2.75) is 31.0 Å². The summed E-state index contributed by atoms with van der Waals surface area (Å²) in [5.74, 6) is -1.57. The van der Waals surface area contributed by atoms with Gasteiger partial charge in [-0.1, -0.05) is 0 Å². The van der Waals surface area contributed by atoms with Gasteiger partial charge < -0.3 is 10.4 Å². The van der Waals surface area contributed by atoms with Crippen molar-refractivity contribution in [2.24, 2.45) is 0 Å². The van der Waals surface area contributed by atoms with Crippen molar-refractivity contribution < 1.29 is 23.1 Å². The van der Waals surface area contributed by atoms with E-state index in [0.29, 0.717) is 19.3 Å². The molecule has 0 bridgehead atoms. The zero-order chi connectivity index (χ0) is 13.4. The molecule has 1 fully saturated rings. The van der Waals surface area contributed by atoms with Crippen molar-refractivity contribution in [1.29, 1.82) is 0 Å². The molecule has 0 radical (unpaired) electrons. The smallest absolute Gasteiger partial charge is 0.419 e. The van der Waals surface area contributed by atoms with Gasteiger partial charge in [-0.2, -0.15) is 13.2 Å². The van der Waals surface area contributed by atoms with Crippen molar-refractivity contribution >= 4 is 11.8 Å². The second-order valence-corrected chi connectivity index (χ2v) is 4.26. The molecule has 4 nitrogen and oxygen atoms in total. The minimum Gasteiger partial charge on any atom is -0.480 e. The maximum atomic E-state index is 12.7. The number of hydrogen-bond donors (Lipinski definition) is 2. The first kappa shape index (κ1) is 12.7. The topological polar surface area (TPSA) is 62.2 Å². The first-order chi connectivity index (χ1) is 8.35. The molecule has 0 aliphatic heterocycles. The standard InChI is InChI=1S/C11H11F3N2O2/c12-11(13,14)7-3-1-6-15-8(7)16-10(9(17)18)4-2-5-10/h1,3,6H,2,4-5H2,(H,15,16)(H,17,18). The molecule has 0 spiro atoms. The molecular weight excluding hydrogens is 249 g/mol. The summed E-state index contributed by atoms with van der Waals surface area (Å²) in [5, 5.41) is 11.5. The van der Waals surface area contributed by atoms with E-state index in [1.807, 2.05) is 0 Å². The third-order valence-corrected chi connectivity index (χ3v) is 3.09. The largest absolute Gasteiger partial charge is 0.480 e. The second-order valence-electron chi connectivity index (χ2n) is 4.26. The van der Waals surface area contributed by atoms with E-state index in [-0.39, 0.29) is 0 Å². The van der Waals surface area contributed by atoms with Crippen molar-refractivity contribution in [3.63, 3.8) is 0 Å². The summed E-state index contributed by atoms with van der Waals surface area (Å²) >= 11 is 0. The highest BCUT2D eigenvalue weighted by molar-refractivity contribution is 5.84. The van der Waals surface area contributed by atoms with E-state index in [0.717, 1.165) is 6.07 Å². The number of aromatic nitrogens is 1. The molecule has 2 N–H and O–H groups in total. The number of carboxylic acids is 1. The average molecular weight is 260 g/mol. The van der Waals surface area contributed by atoms with Crippen LogP contribution in [0.4, 0.5) is 19.0 Å². The van der Waals surface area contributed by atoms with E-state index in [1.165, 1.54) is 12.3 Å². The lowest BCUT2D eigenvalue weighted by Gasteiger charge is -2.39. The number of pyridine rings is 1. The summed E-state index contributed by atoms with van der Waals surface area (Å²) in [5.41, 5.74) is -2.26. The normalized spacial score (nSPS) is 17.9. The molecule has 1 heterocycles. The molecule has 1 aromatic heterocycles. The molecule has 0 saturated heterocycles. The molecule has 0 atom stereocenters. The van der Waals surface area contributed by atoms with E-state index in [9.17, 15) is 18.0 Å². The van der Waals surface area contributed by atoms with Crippen molar-refractivity contribution in [2.75, 3.05) is 5.32 Å². The zero-order valence-electron chi connectivity index (χ0n) is 9.29. The van der Waals surface area contributed by atoms with Crippen LogP contribution in [0.15, 0.2) is 18.3 Å². The number of halogens is 3. The van der Waals surface area contributed by atoms with Crippen LogP contribution in [0.25, 0.3) is 0 Å². The van der Waals surface area contributed by atoms with Crippen LogP contribution in [0, 0.1) is 0 Å². The number of nitrogens with one attached hydrogen (secondary N) is 1. The molecule has 0 amide bonds. The monoisotopic (exact) mass is 260 g/mol. The Morgan fingerprint density at radius 3 is 2.56 bits per heavy atom. The number of hydrogen-bond acceptors (Lipinski definition) is 3. The highest BCUT2D eigenvalue weighted by atomic mass is 19.4. The quantitative estimate of drug-likeness (QED) is 0.876. The Morgan fingerprint density at radius 2 is 2.11 bits per heavy atom. The van der Waals surface area contributed by atoms with Crippen LogP contribution in [-0.2, 0) is 11.0 Å². The van der Waals surface area contributed by atoms with Crippen molar-refractivity contribution in [3.8, 4) is 0 Å². The van der Waals surface area contributed by atoms with E-state index < -0.39 is 29.1 Å². The highest BCUT2D eigenvalue weighted by Crippen LogP contribution is 2.39. The summed E-state index contributed by atoms with van der Waals surface area (Å²) in [4.78, 5) is 14.7. The fraction of sp³-hybridized carbons (Fsp3) is 0.455. The lowest BCUT2D eigenvalue weighted by molar-refractivity contribution is -0.146. The van der Waals surface area contributed by atoms with E-state index in [4.69, 9.17) is 5.11 Å². The molecule has 1 aliphatic rings. The number of alkyl halides is 3. The Kier molecular flexibility index (Phi) is 2.92. The van der Waals surface area contributed by atoms with Crippen LogP contribution in [0.2, 0.25) is 0 Å². The van der Waals surface area contributed by atoms with Crippen LogP contribution in [0.1, 0.15) is 24.8 Å². The number of anilines is 1. The Bertz CT molecular complexity index is 470. The fourth-order valence-corrected chi connectivity index (χ4v) is 1.88. The first-order valence-electron chi connectivity index (χ1n) is 5.39. The Labute approximate surface area is 101 Å². The van der Waals surface area contributed by atoms with Gasteiger partial charge in [0.2, 0.25) is 0 Å². The number of rotatable bonds is 3. The maximum absolute atomic E-state index is 12.7. The average Bonchev–Trinajstić information content (AvgIpc) is 2.22. The summed E-state index contributed by atoms with van der Waals surface area (Å²) in [7, 11) is 0. The zero-order valence-corrected chi connectivity index (χ0v) is 9.29. The molecule has 0 aromatic carbocycles. The molecule has 1 aliphatic carbocycles. The minimum absolute atomic E-state index is 0.302. The van der Waals surface area contributed by atoms with Crippen LogP contribution in [0.5, 0.6) is 0 Å². The molecular formula is C11H11F3N2O2. The number of nitrogens with zero attached hydrogens (tertiary/aromatic N) is 1. The van der Waals surface area contributed by atoms with Crippen molar-refractivity contribution in [3.05, 3.63) is 23.9 Å². The van der Waals surface area contributed by atoms with Gasteiger partial charge in [-0.25, -0.2) is 9.78 Å². The molecule has 98 valence electrons. The van der Waals surface area contributed by atoms with Gasteiger partial charge in [0.1, 0.15) is 11.4 Å². The third-order valence-electron chi connectivity index (χ3n) is 3.09. The predicted octanol–water partition coefficient (Wildman–Crippen LogP) is 2.52. The molecule has 0 unspecified atom stereocenters. The molecule has 1 saturated carbocycles. The summed E-state index contributed by atoms with van der Waals surface area (Å²) in [6.07, 6.45) is -2.08. The fourth-order valence-electron chi connectivity index (χ4n) is 1.88. The Balaban J connectivity index is 2.32. The first-order valence-corrected chi connectivity index (χ1v) is 5.39. The van der Waals surface area contributed by atoms with Crippen LogP contribution < -0.4 is 5.32 Å². The second kappa shape index (κ2) is 4.15. The summed E-state index contributed by atoms with van der Waals surface area (Å²) in [6.45, 7) is 0. The van der Waals surface area contributed by atoms with E-state index in [1.54, 1.807) is 0 Å². The lowest BCUT2D eigenvalue weighted by Crippen LogP contribution is -2.52. The highest BCUT2D eigenvalue weighted by Gasteiger charge is 2.46. The van der Waals surface area contributed by atoms with Gasteiger partial charge in [-0.15, -0.1) is 0 Å². The van der Waals surface area contributed by atoms with Crippen LogP contribution in [-0.4, -0.2) is 21.6 Å². The molecule has 2 rings (SSSR count). The van der Waals surface area contributed by atoms with Gasteiger partial charge in [0, 0.05) is 6.20 Å². The predicted molar refractivity (Wildman–Crippen MR) is 57.1 cm³/mol.